The number of benzene rings is 11. The van der Waals surface area contributed by atoms with Crippen LogP contribution in [0.15, 0.2) is 285 Å². The summed E-state index contributed by atoms with van der Waals surface area (Å²) in [6.07, 6.45) is 1.93. The van der Waals surface area contributed by atoms with Crippen molar-refractivity contribution in [1.29, 1.82) is 0 Å². The van der Waals surface area contributed by atoms with E-state index in [4.69, 9.17) is 9.72 Å². The summed E-state index contributed by atoms with van der Waals surface area (Å²) in [4.78, 5) is 9.62. The van der Waals surface area contributed by atoms with Gasteiger partial charge in [0.2, 0.25) is 0 Å². The first-order valence-corrected chi connectivity index (χ1v) is 30.0. The van der Waals surface area contributed by atoms with Crippen molar-refractivity contribution in [2.24, 2.45) is 0 Å². The Balaban J connectivity index is 0.00000645. The summed E-state index contributed by atoms with van der Waals surface area (Å²) in [5.74, 6) is 1.97. The van der Waals surface area contributed by atoms with E-state index in [1.54, 1.807) is 0 Å². The van der Waals surface area contributed by atoms with Crippen LogP contribution in [0.1, 0.15) is 26.3 Å². The number of hydrogen-bond acceptors (Lipinski definition) is 4. The maximum absolute atomic E-state index is 6.93. The topological polar surface area (TPSA) is 33.5 Å². The minimum atomic E-state index is -2.86. The van der Waals surface area contributed by atoms with Crippen LogP contribution in [-0.4, -0.2) is 17.6 Å². The minimum Gasteiger partial charge on any atom is -0.509 e. The van der Waals surface area contributed by atoms with Gasteiger partial charge in [-0.1, -0.05) is 239 Å². The summed E-state index contributed by atoms with van der Waals surface area (Å²) in [7, 11) is -2.86. The first-order chi connectivity index (χ1) is 40.3. The zero-order chi connectivity index (χ0) is 55.2. The van der Waals surface area contributed by atoms with Gasteiger partial charge in [-0.15, -0.1) is 48.1 Å². The molecule has 1 aliphatic rings. The third-order valence-corrected chi connectivity index (χ3v) is 20.8. The Hall–Kier alpha value is -9.32. The average Bonchev–Trinajstić information content (AvgIpc) is 2.83. The van der Waals surface area contributed by atoms with Crippen molar-refractivity contribution < 1.29 is 25.8 Å². The molecule has 13 aromatic rings. The molecule has 0 fully saturated rings. The molecule has 0 unspecified atom stereocenters. The average molecular weight is 1270 g/mol. The van der Waals surface area contributed by atoms with Crippen molar-refractivity contribution in [1.82, 2.24) is 9.55 Å². The Morgan fingerprint density at radius 2 is 1.00 bits per heavy atom. The summed E-state index contributed by atoms with van der Waals surface area (Å²) in [6.45, 7) is 8.92. The van der Waals surface area contributed by atoms with Gasteiger partial charge in [0, 0.05) is 66.9 Å². The second kappa shape index (κ2) is 22.2. The molecular formula is C76H57N4OPtSi-3. The van der Waals surface area contributed by atoms with Crippen molar-refractivity contribution in [3.63, 3.8) is 0 Å². The van der Waals surface area contributed by atoms with Gasteiger partial charge in [-0.3, -0.25) is 0 Å². The van der Waals surface area contributed by atoms with Gasteiger partial charge in [-0.25, -0.2) is 4.98 Å². The summed E-state index contributed by atoms with van der Waals surface area (Å²) >= 11 is 0. The van der Waals surface area contributed by atoms with Gasteiger partial charge in [-0.2, -0.15) is 12.1 Å². The van der Waals surface area contributed by atoms with Gasteiger partial charge in [0.05, 0.1) is 0 Å². The van der Waals surface area contributed by atoms with E-state index in [-0.39, 0.29) is 26.5 Å². The number of anilines is 4. The molecule has 2 aromatic heterocycles. The van der Waals surface area contributed by atoms with Crippen LogP contribution in [0.5, 0.6) is 11.5 Å². The fourth-order valence-electron chi connectivity index (χ4n) is 12.2. The standard InChI is InChI=1S/C76H57N4OSi.Pt/c1-76(2,3)56-47-48-77-73(49-56)80-70-46-44-64(82(61-33-16-7-17-34-61,62-35-18-8-19-36-62)63-37-20-9-21-38-63)52-69(70)67-45-43-60(51-72(67)80)81-59-32-22-31-58(50-59)78-53-79(57-29-14-6-15-30-57)75-68(41-24-42-71(75)78)74-65(54-25-10-4-11-26-54)39-23-40-66(74)55-27-12-5-13-28-55;/h4-49,52-53H,1-3H3;/q-3;. The summed E-state index contributed by atoms with van der Waals surface area (Å²) in [6, 6.07) is 108. The molecule has 0 bridgehead atoms. The number of hydrogen-bond donors (Lipinski definition) is 0. The first kappa shape index (κ1) is 53.0. The van der Waals surface area contributed by atoms with E-state index in [9.17, 15) is 0 Å². The van der Waals surface area contributed by atoms with E-state index in [2.05, 4.69) is 315 Å². The molecule has 11 aromatic carbocycles. The van der Waals surface area contributed by atoms with E-state index in [1.807, 2.05) is 24.4 Å². The van der Waals surface area contributed by atoms with Crippen molar-refractivity contribution in [2.45, 2.75) is 26.2 Å². The van der Waals surface area contributed by atoms with Gasteiger partial charge in [0.1, 0.15) is 5.82 Å². The SMILES string of the molecule is CC(C)(C)c1ccnc(-n2c3[c-]c(Oc4[c-]c(N5[CH-]N(c6ccccc6)c6c(-c7c(-c8ccccc8)cccc7-c7ccccc7)cccc65)ccc4)ccc3c3cc([Si](c4ccccc4)(c4ccccc4)c4ccccc4)ccc32)c1.[Pt]. The van der Waals surface area contributed by atoms with Gasteiger partial charge < -0.3 is 19.1 Å². The Kier molecular flexibility index (Phi) is 14.2. The Labute approximate surface area is 501 Å². The van der Waals surface area contributed by atoms with Crippen molar-refractivity contribution in [3.8, 4) is 50.7 Å². The number of ether oxygens (including phenoxy) is 1. The van der Waals surface area contributed by atoms with Crippen LogP contribution in [0, 0.1) is 18.8 Å². The molecule has 0 saturated heterocycles. The Bertz CT molecular complexity index is 4280. The monoisotopic (exact) mass is 1260 g/mol. The number of rotatable bonds is 12. The predicted octanol–water partition coefficient (Wildman–Crippen LogP) is 16.7. The fraction of sp³-hybridized carbons (Fsp3) is 0.0526. The van der Waals surface area contributed by atoms with Crippen LogP contribution in [0.25, 0.3) is 61.0 Å². The molecule has 5 nitrogen and oxygen atoms in total. The summed E-state index contributed by atoms with van der Waals surface area (Å²) < 4.78 is 9.20. The van der Waals surface area contributed by atoms with E-state index in [0.29, 0.717) is 11.5 Å². The normalized spacial score (nSPS) is 12.3. The fourth-order valence-corrected chi connectivity index (χ4v) is 17.0. The molecule has 0 amide bonds. The smallest absolute Gasteiger partial charge is 0.179 e. The third-order valence-electron chi connectivity index (χ3n) is 16.1. The van der Waals surface area contributed by atoms with Crippen molar-refractivity contribution >= 4 is 73.4 Å². The number of pyridine rings is 1. The predicted molar refractivity (Wildman–Crippen MR) is 343 cm³/mol. The van der Waals surface area contributed by atoms with Gasteiger partial charge in [-0.05, 0) is 101 Å². The molecule has 83 heavy (non-hydrogen) atoms. The van der Waals surface area contributed by atoms with Crippen LogP contribution in [0.4, 0.5) is 22.7 Å². The molecule has 0 radical (unpaired) electrons. The molecule has 0 N–H and O–H groups in total. The quantitative estimate of drug-likeness (QED) is 0.0693. The van der Waals surface area contributed by atoms with Crippen molar-refractivity contribution in [2.75, 3.05) is 9.80 Å². The van der Waals surface area contributed by atoms with E-state index in [0.717, 1.165) is 78.2 Å². The molecule has 0 aliphatic carbocycles. The maximum Gasteiger partial charge on any atom is 0.179 e. The van der Waals surface area contributed by atoms with Crippen LogP contribution >= 0.6 is 0 Å². The second-order valence-electron chi connectivity index (χ2n) is 22.0. The number of aromatic nitrogens is 2. The first-order valence-electron chi connectivity index (χ1n) is 28.0. The maximum atomic E-state index is 6.93. The number of nitrogens with zero attached hydrogens (tertiary/aromatic N) is 4. The Morgan fingerprint density at radius 3 is 1.60 bits per heavy atom. The van der Waals surface area contributed by atoms with E-state index >= 15 is 0 Å². The molecule has 3 heterocycles. The van der Waals surface area contributed by atoms with E-state index < -0.39 is 8.07 Å². The van der Waals surface area contributed by atoms with Crippen molar-refractivity contribution in [3.05, 3.63) is 310 Å². The van der Waals surface area contributed by atoms with E-state index in [1.165, 1.54) is 31.9 Å². The van der Waals surface area contributed by atoms with Crippen LogP contribution in [0.2, 0.25) is 0 Å². The van der Waals surface area contributed by atoms with Gasteiger partial charge in [0.25, 0.3) is 0 Å². The molecule has 0 spiro atoms. The summed E-state index contributed by atoms with van der Waals surface area (Å²) in [5.41, 5.74) is 13.9. The third kappa shape index (κ3) is 9.58. The van der Waals surface area contributed by atoms with Gasteiger partial charge in [0.15, 0.2) is 8.07 Å². The molecule has 404 valence electrons. The molecule has 0 saturated carbocycles. The molecule has 14 rings (SSSR count). The summed E-state index contributed by atoms with van der Waals surface area (Å²) in [5, 5.41) is 7.45. The molecule has 7 heteroatoms. The number of fused-ring (bicyclic) bond motifs is 4. The van der Waals surface area contributed by atoms with Gasteiger partial charge >= 0.3 is 0 Å². The zero-order valence-electron chi connectivity index (χ0n) is 46.2. The number of para-hydroxylation sites is 2. The van der Waals surface area contributed by atoms with Crippen LogP contribution < -0.4 is 35.3 Å². The molecule has 0 atom stereocenters. The van der Waals surface area contributed by atoms with Crippen LogP contribution in [0.3, 0.4) is 0 Å². The zero-order valence-corrected chi connectivity index (χ0v) is 49.5. The Morgan fingerprint density at radius 1 is 0.458 bits per heavy atom. The molecular weight excluding hydrogens is 1210 g/mol. The molecule has 1 aliphatic heterocycles. The minimum absolute atomic E-state index is 0. The largest absolute Gasteiger partial charge is 0.509 e. The van der Waals surface area contributed by atoms with Crippen LogP contribution in [-0.2, 0) is 26.5 Å². The second-order valence-corrected chi connectivity index (χ2v) is 25.8.